The molecule has 80 valence electrons. The monoisotopic (exact) mass is 223 g/mol. The summed E-state index contributed by atoms with van der Waals surface area (Å²) in [5.74, 6) is 1.42. The van der Waals surface area contributed by atoms with E-state index < -0.39 is 0 Å². The van der Waals surface area contributed by atoms with E-state index in [0.29, 0.717) is 12.2 Å². The average molecular weight is 223 g/mol. The molecule has 0 saturated carbocycles. The van der Waals surface area contributed by atoms with Crippen LogP contribution < -0.4 is 9.64 Å². The van der Waals surface area contributed by atoms with Crippen molar-refractivity contribution in [3.63, 3.8) is 0 Å². The van der Waals surface area contributed by atoms with Crippen LogP contribution in [0.15, 0.2) is 24.3 Å². The highest BCUT2D eigenvalue weighted by atomic mass is 32.1. The van der Waals surface area contributed by atoms with Crippen molar-refractivity contribution in [3.05, 3.63) is 24.3 Å². The highest BCUT2D eigenvalue weighted by Crippen LogP contribution is 2.33. The van der Waals surface area contributed by atoms with Crippen LogP contribution in [0.2, 0.25) is 0 Å². The van der Waals surface area contributed by atoms with E-state index in [1.165, 1.54) is 0 Å². The van der Waals surface area contributed by atoms with Crippen LogP contribution in [0.3, 0.4) is 0 Å². The number of likely N-dealkylation sites (N-methyl/N-ethyl adjacent to an activating group) is 1. The van der Waals surface area contributed by atoms with Gasteiger partial charge in [0.15, 0.2) is 6.10 Å². The molecule has 2 rings (SSSR count). The molecule has 0 N–H and O–H groups in total. The molecule has 0 saturated heterocycles. The SMILES string of the molecule is CN1C(=O)C(CCS)Oc2ccccc21. The van der Waals surface area contributed by atoms with Crippen molar-refractivity contribution in [2.75, 3.05) is 17.7 Å². The summed E-state index contributed by atoms with van der Waals surface area (Å²) >= 11 is 4.12. The highest BCUT2D eigenvalue weighted by molar-refractivity contribution is 7.80. The normalized spacial score (nSPS) is 19.7. The zero-order chi connectivity index (χ0) is 10.8. The van der Waals surface area contributed by atoms with E-state index in [4.69, 9.17) is 4.74 Å². The summed E-state index contributed by atoms with van der Waals surface area (Å²) in [5.41, 5.74) is 0.831. The number of hydrogen-bond acceptors (Lipinski definition) is 3. The average Bonchev–Trinajstić information content (AvgIpc) is 2.26. The first-order chi connectivity index (χ1) is 7.24. The van der Waals surface area contributed by atoms with Crippen LogP contribution in [-0.2, 0) is 4.79 Å². The van der Waals surface area contributed by atoms with Gasteiger partial charge in [-0.3, -0.25) is 4.79 Å². The molecule has 0 aliphatic carbocycles. The van der Waals surface area contributed by atoms with Crippen molar-refractivity contribution in [2.45, 2.75) is 12.5 Å². The molecule has 0 aromatic heterocycles. The lowest BCUT2D eigenvalue weighted by Gasteiger charge is -2.31. The topological polar surface area (TPSA) is 29.5 Å². The molecule has 15 heavy (non-hydrogen) atoms. The van der Waals surface area contributed by atoms with E-state index in [0.717, 1.165) is 11.4 Å². The first-order valence-electron chi connectivity index (χ1n) is 4.88. The van der Waals surface area contributed by atoms with E-state index in [1.54, 1.807) is 11.9 Å². The molecular formula is C11H13NO2S. The zero-order valence-electron chi connectivity index (χ0n) is 8.51. The third-order valence-electron chi connectivity index (χ3n) is 2.49. The second-order valence-corrected chi connectivity index (χ2v) is 3.93. The second-order valence-electron chi connectivity index (χ2n) is 3.48. The summed E-state index contributed by atoms with van der Waals surface area (Å²) in [5, 5.41) is 0. The number of para-hydroxylation sites is 2. The molecular weight excluding hydrogens is 210 g/mol. The number of nitrogens with zero attached hydrogens (tertiary/aromatic N) is 1. The quantitative estimate of drug-likeness (QED) is 0.774. The number of hydrogen-bond donors (Lipinski definition) is 1. The maximum Gasteiger partial charge on any atom is 0.267 e. The van der Waals surface area contributed by atoms with Gasteiger partial charge in [0, 0.05) is 13.5 Å². The third kappa shape index (κ3) is 1.81. The number of rotatable bonds is 2. The predicted octanol–water partition coefficient (Wildman–Crippen LogP) is 1.73. The van der Waals surface area contributed by atoms with Gasteiger partial charge < -0.3 is 9.64 Å². The van der Waals surface area contributed by atoms with Crippen LogP contribution in [0.4, 0.5) is 5.69 Å². The van der Waals surface area contributed by atoms with Crippen molar-refractivity contribution < 1.29 is 9.53 Å². The number of carbonyl (C=O) groups excluding carboxylic acids is 1. The Hall–Kier alpha value is -1.16. The molecule has 1 aromatic rings. The fourth-order valence-corrected chi connectivity index (χ4v) is 1.91. The fourth-order valence-electron chi connectivity index (χ4n) is 1.67. The van der Waals surface area contributed by atoms with Crippen LogP contribution in [-0.4, -0.2) is 24.8 Å². The van der Waals surface area contributed by atoms with Crippen LogP contribution in [0.25, 0.3) is 0 Å². The summed E-state index contributed by atoms with van der Waals surface area (Å²) in [6, 6.07) is 7.55. The summed E-state index contributed by atoms with van der Waals surface area (Å²) in [6.45, 7) is 0. The van der Waals surface area contributed by atoms with Gasteiger partial charge in [0.1, 0.15) is 5.75 Å². The minimum atomic E-state index is -0.387. The Labute approximate surface area is 94.4 Å². The van der Waals surface area contributed by atoms with E-state index in [-0.39, 0.29) is 12.0 Å². The first-order valence-corrected chi connectivity index (χ1v) is 5.51. The van der Waals surface area contributed by atoms with Crippen molar-refractivity contribution in [1.82, 2.24) is 0 Å². The summed E-state index contributed by atoms with van der Waals surface area (Å²) in [6.07, 6.45) is 0.253. The third-order valence-corrected chi connectivity index (χ3v) is 2.75. The Bertz CT molecular complexity index is 381. The fraction of sp³-hybridized carbons (Fsp3) is 0.364. The molecule has 1 aliphatic rings. The van der Waals surface area contributed by atoms with Crippen molar-refractivity contribution >= 4 is 24.2 Å². The van der Waals surface area contributed by atoms with E-state index >= 15 is 0 Å². The minimum absolute atomic E-state index is 0.00255. The lowest BCUT2D eigenvalue weighted by atomic mass is 10.1. The largest absolute Gasteiger partial charge is 0.478 e. The molecule has 1 atom stereocenters. The van der Waals surface area contributed by atoms with Crippen molar-refractivity contribution in [1.29, 1.82) is 0 Å². The van der Waals surface area contributed by atoms with Gasteiger partial charge >= 0.3 is 0 Å². The lowest BCUT2D eigenvalue weighted by molar-refractivity contribution is -0.126. The molecule has 0 bridgehead atoms. The van der Waals surface area contributed by atoms with Gasteiger partial charge in [-0.1, -0.05) is 12.1 Å². The van der Waals surface area contributed by atoms with Crippen LogP contribution >= 0.6 is 12.6 Å². The summed E-state index contributed by atoms with van der Waals surface area (Å²) in [7, 11) is 1.77. The van der Waals surface area contributed by atoms with Gasteiger partial charge in [-0.15, -0.1) is 0 Å². The van der Waals surface area contributed by atoms with Gasteiger partial charge in [-0.25, -0.2) is 0 Å². The van der Waals surface area contributed by atoms with Crippen molar-refractivity contribution in [2.24, 2.45) is 0 Å². The maximum absolute atomic E-state index is 11.8. The Morgan fingerprint density at radius 2 is 2.20 bits per heavy atom. The Kier molecular flexibility index (Phi) is 2.86. The van der Waals surface area contributed by atoms with Crippen molar-refractivity contribution in [3.8, 4) is 5.75 Å². The van der Waals surface area contributed by atoms with E-state index in [2.05, 4.69) is 12.6 Å². The lowest BCUT2D eigenvalue weighted by Crippen LogP contribution is -2.43. The Morgan fingerprint density at radius 1 is 1.47 bits per heavy atom. The van der Waals surface area contributed by atoms with Gasteiger partial charge in [-0.05, 0) is 17.9 Å². The number of fused-ring (bicyclic) bond motifs is 1. The van der Waals surface area contributed by atoms with Gasteiger partial charge in [0.2, 0.25) is 0 Å². The molecule has 1 aliphatic heterocycles. The second kappa shape index (κ2) is 4.14. The number of carbonyl (C=O) groups is 1. The van der Waals surface area contributed by atoms with E-state index in [1.807, 2.05) is 24.3 Å². The van der Waals surface area contributed by atoms with Crippen LogP contribution in [0, 0.1) is 0 Å². The molecule has 3 nitrogen and oxygen atoms in total. The number of amides is 1. The Balaban J connectivity index is 2.32. The standard InChI is InChI=1S/C11H13NO2S/c1-12-8-4-2-3-5-9(8)14-10(6-7-15)11(12)13/h2-5,10,15H,6-7H2,1H3. The molecule has 4 heteroatoms. The number of ether oxygens (including phenoxy) is 1. The van der Waals surface area contributed by atoms with Gasteiger partial charge in [-0.2, -0.15) is 12.6 Å². The molecule has 1 aromatic carbocycles. The molecule has 0 fully saturated rings. The molecule has 1 heterocycles. The number of thiol groups is 1. The maximum atomic E-state index is 11.8. The van der Waals surface area contributed by atoms with Crippen LogP contribution in [0.1, 0.15) is 6.42 Å². The van der Waals surface area contributed by atoms with Gasteiger partial charge in [0.25, 0.3) is 5.91 Å². The molecule has 0 radical (unpaired) electrons. The molecule has 1 unspecified atom stereocenters. The zero-order valence-corrected chi connectivity index (χ0v) is 9.41. The summed E-state index contributed by atoms with van der Waals surface area (Å²) < 4.78 is 5.61. The Morgan fingerprint density at radius 3 is 2.93 bits per heavy atom. The highest BCUT2D eigenvalue weighted by Gasteiger charge is 2.30. The number of anilines is 1. The minimum Gasteiger partial charge on any atom is -0.478 e. The predicted molar refractivity (Wildman–Crippen MR) is 62.7 cm³/mol. The number of benzene rings is 1. The van der Waals surface area contributed by atoms with E-state index in [9.17, 15) is 4.79 Å². The molecule has 0 spiro atoms. The van der Waals surface area contributed by atoms with Crippen LogP contribution in [0.5, 0.6) is 5.75 Å². The first kappa shape index (κ1) is 10.4. The summed E-state index contributed by atoms with van der Waals surface area (Å²) in [4.78, 5) is 13.5. The van der Waals surface area contributed by atoms with Gasteiger partial charge in [0.05, 0.1) is 5.69 Å². The smallest absolute Gasteiger partial charge is 0.267 e. The molecule has 1 amide bonds.